The van der Waals surface area contributed by atoms with Gasteiger partial charge in [0.15, 0.2) is 6.29 Å². The molecule has 0 aliphatic rings. The van der Waals surface area contributed by atoms with Crippen molar-refractivity contribution in [1.29, 1.82) is 0 Å². The van der Waals surface area contributed by atoms with Gasteiger partial charge in [0.2, 0.25) is 0 Å². The fraction of sp³-hybridized carbons (Fsp3) is 0.111. The number of allylic oxidation sites excluding steroid dienone is 1. The summed E-state index contributed by atoms with van der Waals surface area (Å²) in [6, 6.07) is 1.84. The third-order valence-electron chi connectivity index (χ3n) is 1.28. The van der Waals surface area contributed by atoms with Gasteiger partial charge in [-0.3, -0.25) is 9.79 Å². The van der Waals surface area contributed by atoms with Crippen LogP contribution in [-0.4, -0.2) is 19.5 Å². The predicted molar refractivity (Wildman–Crippen MR) is 53.2 cm³/mol. The lowest BCUT2D eigenvalue weighted by Gasteiger charge is -1.78. The number of aldehydes is 1. The summed E-state index contributed by atoms with van der Waals surface area (Å²) in [5.41, 5.74) is 1.04. The smallest absolute Gasteiger partial charge is 0.160 e. The van der Waals surface area contributed by atoms with Crippen LogP contribution in [0.3, 0.4) is 0 Å². The quantitative estimate of drug-likeness (QED) is 0.517. The molecule has 1 rings (SSSR count). The molecule has 1 heterocycles. The highest BCUT2D eigenvalue weighted by Gasteiger charge is 1.92. The summed E-state index contributed by atoms with van der Waals surface area (Å²) in [6.07, 6.45) is 6.32. The lowest BCUT2D eigenvalue weighted by molar-refractivity contribution is 0.112. The second kappa shape index (κ2) is 4.62. The van der Waals surface area contributed by atoms with Gasteiger partial charge in [-0.2, -0.15) is 0 Å². The number of aliphatic imine (C=N–C) groups is 1. The van der Waals surface area contributed by atoms with Gasteiger partial charge in [-0.1, -0.05) is 6.08 Å². The number of carbonyl (C=O) groups is 1. The lowest BCUT2D eigenvalue weighted by Crippen LogP contribution is -1.67. The molecule has 0 unspecified atom stereocenters. The summed E-state index contributed by atoms with van der Waals surface area (Å²) in [5.74, 6) is 0. The van der Waals surface area contributed by atoms with E-state index in [2.05, 4.69) is 4.99 Å². The summed E-state index contributed by atoms with van der Waals surface area (Å²) in [6.45, 7) is 0. The van der Waals surface area contributed by atoms with E-state index in [0.29, 0.717) is 0 Å². The molecule has 0 bridgehead atoms. The van der Waals surface area contributed by atoms with Crippen LogP contribution in [0.25, 0.3) is 6.08 Å². The Balaban J connectivity index is 2.69. The molecule has 0 amide bonds. The van der Waals surface area contributed by atoms with Gasteiger partial charge in [0.25, 0.3) is 0 Å². The first-order valence-corrected chi connectivity index (χ1v) is 4.37. The summed E-state index contributed by atoms with van der Waals surface area (Å²) in [4.78, 5) is 14.9. The molecule has 12 heavy (non-hydrogen) atoms. The minimum absolute atomic E-state index is 0.753. The molecule has 2 nitrogen and oxygen atoms in total. The van der Waals surface area contributed by atoms with Crippen molar-refractivity contribution in [2.75, 3.05) is 7.05 Å². The number of rotatable bonds is 3. The van der Waals surface area contributed by atoms with Crippen molar-refractivity contribution >= 4 is 29.9 Å². The van der Waals surface area contributed by atoms with Crippen molar-refractivity contribution < 1.29 is 4.79 Å². The maximum Gasteiger partial charge on any atom is 0.160 e. The zero-order valence-electron chi connectivity index (χ0n) is 6.73. The van der Waals surface area contributed by atoms with E-state index in [0.717, 1.165) is 16.7 Å². The molecule has 3 heteroatoms. The summed E-state index contributed by atoms with van der Waals surface area (Å²) in [7, 11) is 1.72. The van der Waals surface area contributed by atoms with E-state index in [9.17, 15) is 4.79 Å². The van der Waals surface area contributed by atoms with Crippen LogP contribution in [0.5, 0.6) is 0 Å². The first kappa shape index (κ1) is 8.87. The molecular formula is C9H9NOS. The highest BCUT2D eigenvalue weighted by atomic mass is 32.1. The van der Waals surface area contributed by atoms with Gasteiger partial charge < -0.3 is 0 Å². The molecule has 1 aromatic heterocycles. The molecule has 0 spiro atoms. The minimum Gasteiger partial charge on any atom is -0.297 e. The van der Waals surface area contributed by atoms with Gasteiger partial charge in [0.05, 0.1) is 4.88 Å². The molecule has 0 fully saturated rings. The van der Waals surface area contributed by atoms with Crippen molar-refractivity contribution in [1.82, 2.24) is 0 Å². The highest BCUT2D eigenvalue weighted by molar-refractivity contribution is 7.11. The second-order valence-electron chi connectivity index (χ2n) is 2.17. The van der Waals surface area contributed by atoms with Gasteiger partial charge in [0.1, 0.15) is 0 Å². The number of nitrogens with zero attached hydrogens (tertiary/aromatic N) is 1. The molecule has 0 atom stereocenters. The first-order chi connectivity index (χ1) is 5.86. The molecule has 0 aliphatic carbocycles. The zero-order chi connectivity index (χ0) is 8.81. The number of hydrogen-bond donors (Lipinski definition) is 0. The van der Waals surface area contributed by atoms with Crippen LogP contribution in [0, 0.1) is 0 Å². The minimum atomic E-state index is 0.753. The maximum atomic E-state index is 10.3. The second-order valence-corrected chi connectivity index (χ2v) is 3.11. The molecule has 1 aromatic rings. The van der Waals surface area contributed by atoms with Gasteiger partial charge in [-0.25, -0.2) is 0 Å². The fourth-order valence-electron chi connectivity index (χ4n) is 0.758. The first-order valence-electron chi connectivity index (χ1n) is 3.49. The van der Waals surface area contributed by atoms with E-state index in [1.54, 1.807) is 13.3 Å². The standard InChI is InChI=1S/C9H9NOS/c1-10-4-2-3-8-5-9(6-11)12-7-8/h2-7H,1H3/b3-2-,10-4?. The molecule has 0 aromatic carbocycles. The number of hydrogen-bond acceptors (Lipinski definition) is 3. The van der Waals surface area contributed by atoms with Gasteiger partial charge in [-0.15, -0.1) is 11.3 Å². The van der Waals surface area contributed by atoms with Crippen molar-refractivity contribution in [2.45, 2.75) is 0 Å². The monoisotopic (exact) mass is 179 g/mol. The zero-order valence-corrected chi connectivity index (χ0v) is 7.54. The van der Waals surface area contributed by atoms with E-state index < -0.39 is 0 Å². The van der Waals surface area contributed by atoms with Gasteiger partial charge in [0, 0.05) is 13.3 Å². The SMILES string of the molecule is CN=C/C=C\c1csc(C=O)c1. The number of carbonyl (C=O) groups excluding carboxylic acids is 1. The average Bonchev–Trinajstić information content (AvgIpc) is 2.53. The summed E-state index contributed by atoms with van der Waals surface area (Å²) in [5, 5.41) is 1.93. The predicted octanol–water partition coefficient (Wildman–Crippen LogP) is 2.27. The highest BCUT2D eigenvalue weighted by Crippen LogP contribution is 2.13. The van der Waals surface area contributed by atoms with Crippen LogP contribution in [0.2, 0.25) is 0 Å². The topological polar surface area (TPSA) is 29.4 Å². The molecule has 0 saturated heterocycles. The summed E-state index contributed by atoms with van der Waals surface area (Å²) >= 11 is 1.44. The Hall–Kier alpha value is -1.22. The fourth-order valence-corrected chi connectivity index (χ4v) is 1.44. The van der Waals surface area contributed by atoms with Crippen LogP contribution in [0.4, 0.5) is 0 Å². The van der Waals surface area contributed by atoms with Gasteiger partial charge in [-0.05, 0) is 23.1 Å². The Morgan fingerprint density at radius 3 is 3.00 bits per heavy atom. The Morgan fingerprint density at radius 1 is 1.58 bits per heavy atom. The van der Waals surface area contributed by atoms with E-state index in [4.69, 9.17) is 0 Å². The summed E-state index contributed by atoms with van der Waals surface area (Å²) < 4.78 is 0. The Morgan fingerprint density at radius 2 is 2.42 bits per heavy atom. The van der Waals surface area contributed by atoms with Crippen molar-refractivity contribution in [3.05, 3.63) is 28.0 Å². The Labute approximate surface area is 75.3 Å². The van der Waals surface area contributed by atoms with Crippen LogP contribution in [0.1, 0.15) is 15.2 Å². The normalized spacial score (nSPS) is 11.4. The van der Waals surface area contributed by atoms with E-state index >= 15 is 0 Å². The van der Waals surface area contributed by atoms with E-state index in [-0.39, 0.29) is 0 Å². The maximum absolute atomic E-state index is 10.3. The molecule has 0 radical (unpaired) electrons. The van der Waals surface area contributed by atoms with Crippen LogP contribution in [-0.2, 0) is 0 Å². The van der Waals surface area contributed by atoms with Gasteiger partial charge >= 0.3 is 0 Å². The van der Waals surface area contributed by atoms with E-state index in [1.165, 1.54) is 11.3 Å². The van der Waals surface area contributed by atoms with Crippen molar-refractivity contribution in [3.63, 3.8) is 0 Å². The average molecular weight is 179 g/mol. The molecule has 62 valence electrons. The molecule has 0 N–H and O–H groups in total. The molecule has 0 saturated carbocycles. The third kappa shape index (κ3) is 2.43. The molecular weight excluding hydrogens is 170 g/mol. The number of thiophene rings is 1. The third-order valence-corrected chi connectivity index (χ3v) is 2.16. The van der Waals surface area contributed by atoms with Crippen molar-refractivity contribution in [2.24, 2.45) is 4.99 Å². The van der Waals surface area contributed by atoms with Crippen LogP contribution >= 0.6 is 11.3 Å². The van der Waals surface area contributed by atoms with E-state index in [1.807, 2.05) is 23.6 Å². The Bertz CT molecular complexity index is 312. The van der Waals surface area contributed by atoms with Crippen molar-refractivity contribution in [3.8, 4) is 0 Å². The van der Waals surface area contributed by atoms with Crippen LogP contribution in [0.15, 0.2) is 22.5 Å². The molecule has 0 aliphatic heterocycles. The van der Waals surface area contributed by atoms with Crippen LogP contribution < -0.4 is 0 Å². The Kier molecular flexibility index (Phi) is 3.41. The lowest BCUT2D eigenvalue weighted by atomic mass is 10.3. The largest absolute Gasteiger partial charge is 0.297 e.